The van der Waals surface area contributed by atoms with Gasteiger partial charge in [-0.1, -0.05) is 12.1 Å². The minimum Gasteiger partial charge on any atom is -0.264 e. The molecule has 15 heavy (non-hydrogen) atoms. The summed E-state index contributed by atoms with van der Waals surface area (Å²) in [6.45, 7) is 0. The molecule has 1 aromatic carbocycles. The summed E-state index contributed by atoms with van der Waals surface area (Å²) in [5.41, 5.74) is 2.56. The van der Waals surface area contributed by atoms with Gasteiger partial charge in [-0.15, -0.1) is 0 Å². The van der Waals surface area contributed by atoms with Crippen molar-refractivity contribution in [3.8, 4) is 11.1 Å². The molecule has 0 aliphatic heterocycles. The molecular weight excluding hydrogens is 202 g/mol. The van der Waals surface area contributed by atoms with E-state index in [1.54, 1.807) is 11.3 Å². The van der Waals surface area contributed by atoms with Gasteiger partial charge in [-0.2, -0.15) is 11.3 Å². The second kappa shape index (κ2) is 3.48. The topological polar surface area (TPSA) is 12.9 Å². The average Bonchev–Trinajstić information content (AvgIpc) is 2.82. The zero-order chi connectivity index (χ0) is 10.1. The van der Waals surface area contributed by atoms with Gasteiger partial charge >= 0.3 is 0 Å². The first-order chi connectivity index (χ1) is 7.43. The van der Waals surface area contributed by atoms with Crippen molar-refractivity contribution in [3.63, 3.8) is 0 Å². The molecule has 0 radical (unpaired) electrons. The second-order valence-electron chi connectivity index (χ2n) is 3.45. The highest BCUT2D eigenvalue weighted by atomic mass is 32.1. The van der Waals surface area contributed by atoms with Crippen LogP contribution in [-0.4, -0.2) is 4.98 Å². The fourth-order valence-electron chi connectivity index (χ4n) is 1.69. The summed E-state index contributed by atoms with van der Waals surface area (Å²) in [4.78, 5) is 4.11. The molecule has 0 spiro atoms. The largest absolute Gasteiger partial charge is 0.264 e. The van der Waals surface area contributed by atoms with E-state index in [1.807, 2.05) is 18.5 Å². The highest BCUT2D eigenvalue weighted by Crippen LogP contribution is 2.25. The Hall–Kier alpha value is -1.67. The van der Waals surface area contributed by atoms with Crippen LogP contribution in [0.5, 0.6) is 0 Å². The average molecular weight is 211 g/mol. The minimum absolute atomic E-state index is 1.19. The zero-order valence-electron chi connectivity index (χ0n) is 8.05. The van der Waals surface area contributed by atoms with Gasteiger partial charge in [0, 0.05) is 17.8 Å². The van der Waals surface area contributed by atoms with Gasteiger partial charge in [0.25, 0.3) is 0 Å². The van der Waals surface area contributed by atoms with E-state index in [0.29, 0.717) is 0 Å². The van der Waals surface area contributed by atoms with Gasteiger partial charge in [-0.05, 0) is 45.5 Å². The van der Waals surface area contributed by atoms with Crippen LogP contribution in [0.15, 0.2) is 53.5 Å². The molecule has 0 aliphatic carbocycles. The third-order valence-corrected chi connectivity index (χ3v) is 3.18. The molecule has 1 nitrogen and oxygen atoms in total. The van der Waals surface area contributed by atoms with Crippen LogP contribution >= 0.6 is 11.3 Å². The highest BCUT2D eigenvalue weighted by Gasteiger charge is 1.99. The molecule has 2 heteroatoms. The van der Waals surface area contributed by atoms with Crippen LogP contribution in [-0.2, 0) is 0 Å². The fourth-order valence-corrected chi connectivity index (χ4v) is 2.36. The number of aromatic nitrogens is 1. The minimum atomic E-state index is 1.19. The standard InChI is InChI=1S/C13H9NS/c1-2-12-8-14-5-3-11(12)7-10(1)13-4-6-15-9-13/h1-9H. The zero-order valence-corrected chi connectivity index (χ0v) is 8.87. The molecule has 3 aromatic rings. The predicted molar refractivity (Wildman–Crippen MR) is 65.1 cm³/mol. The Morgan fingerprint density at radius 3 is 2.80 bits per heavy atom. The Kier molecular flexibility index (Phi) is 2.00. The SMILES string of the molecule is c1cc2cc(-c3ccsc3)ccc2cn1. The molecule has 0 saturated carbocycles. The Bertz CT molecular complexity index is 584. The van der Waals surface area contributed by atoms with Crippen LogP contribution in [0.1, 0.15) is 0 Å². The summed E-state index contributed by atoms with van der Waals surface area (Å²) in [6.07, 6.45) is 3.73. The molecule has 0 atom stereocenters. The fraction of sp³-hybridized carbons (Fsp3) is 0. The third kappa shape index (κ3) is 1.53. The molecule has 3 rings (SSSR count). The monoisotopic (exact) mass is 211 g/mol. The summed E-state index contributed by atoms with van der Waals surface area (Å²) < 4.78 is 0. The predicted octanol–water partition coefficient (Wildman–Crippen LogP) is 3.96. The Morgan fingerprint density at radius 1 is 0.933 bits per heavy atom. The van der Waals surface area contributed by atoms with E-state index in [2.05, 4.69) is 40.0 Å². The van der Waals surface area contributed by atoms with E-state index in [1.165, 1.54) is 21.9 Å². The Morgan fingerprint density at radius 2 is 1.93 bits per heavy atom. The molecule has 2 heterocycles. The van der Waals surface area contributed by atoms with Gasteiger partial charge < -0.3 is 0 Å². The van der Waals surface area contributed by atoms with Gasteiger partial charge in [0.2, 0.25) is 0 Å². The lowest BCUT2D eigenvalue weighted by molar-refractivity contribution is 1.36. The van der Waals surface area contributed by atoms with Crippen LogP contribution in [0.4, 0.5) is 0 Å². The van der Waals surface area contributed by atoms with Crippen molar-refractivity contribution in [1.29, 1.82) is 0 Å². The number of hydrogen-bond acceptors (Lipinski definition) is 2. The lowest BCUT2D eigenvalue weighted by atomic mass is 10.1. The van der Waals surface area contributed by atoms with E-state index in [4.69, 9.17) is 0 Å². The lowest BCUT2D eigenvalue weighted by Gasteiger charge is -2.00. The molecule has 0 unspecified atom stereocenters. The number of thiophene rings is 1. The van der Waals surface area contributed by atoms with Crippen LogP contribution in [0, 0.1) is 0 Å². The molecule has 0 aliphatic rings. The van der Waals surface area contributed by atoms with Crippen molar-refractivity contribution >= 4 is 22.1 Å². The van der Waals surface area contributed by atoms with E-state index in [0.717, 1.165) is 0 Å². The normalized spacial score (nSPS) is 10.7. The third-order valence-electron chi connectivity index (χ3n) is 2.50. The number of pyridine rings is 1. The first kappa shape index (κ1) is 8.62. The maximum Gasteiger partial charge on any atom is 0.0346 e. The number of benzene rings is 1. The van der Waals surface area contributed by atoms with Crippen molar-refractivity contribution in [2.24, 2.45) is 0 Å². The molecule has 0 bridgehead atoms. The molecule has 2 aromatic heterocycles. The van der Waals surface area contributed by atoms with Gasteiger partial charge in [0.05, 0.1) is 0 Å². The van der Waals surface area contributed by atoms with Crippen LogP contribution in [0.25, 0.3) is 21.9 Å². The van der Waals surface area contributed by atoms with Crippen LogP contribution in [0.3, 0.4) is 0 Å². The summed E-state index contributed by atoms with van der Waals surface area (Å²) in [5.74, 6) is 0. The molecule has 0 amide bonds. The molecule has 0 fully saturated rings. The highest BCUT2D eigenvalue weighted by molar-refractivity contribution is 7.08. The number of hydrogen-bond donors (Lipinski definition) is 0. The summed E-state index contributed by atoms with van der Waals surface area (Å²) in [6, 6.07) is 10.7. The Labute approximate surface area is 92.0 Å². The first-order valence-electron chi connectivity index (χ1n) is 4.80. The molecular formula is C13H9NS. The lowest BCUT2D eigenvalue weighted by Crippen LogP contribution is -1.77. The maximum atomic E-state index is 4.11. The van der Waals surface area contributed by atoms with E-state index in [9.17, 15) is 0 Å². The Balaban J connectivity index is 2.22. The summed E-state index contributed by atoms with van der Waals surface area (Å²) >= 11 is 1.73. The summed E-state index contributed by atoms with van der Waals surface area (Å²) in [5, 5.41) is 6.71. The number of fused-ring (bicyclic) bond motifs is 1. The van der Waals surface area contributed by atoms with Crippen molar-refractivity contribution in [1.82, 2.24) is 4.98 Å². The van der Waals surface area contributed by atoms with Crippen molar-refractivity contribution in [2.75, 3.05) is 0 Å². The smallest absolute Gasteiger partial charge is 0.0346 e. The second-order valence-corrected chi connectivity index (χ2v) is 4.23. The quantitative estimate of drug-likeness (QED) is 0.593. The van der Waals surface area contributed by atoms with Gasteiger partial charge in [-0.25, -0.2) is 0 Å². The van der Waals surface area contributed by atoms with Gasteiger partial charge in [-0.3, -0.25) is 4.98 Å². The number of rotatable bonds is 1. The first-order valence-corrected chi connectivity index (χ1v) is 5.74. The molecule has 0 N–H and O–H groups in total. The maximum absolute atomic E-state index is 4.11. The van der Waals surface area contributed by atoms with E-state index < -0.39 is 0 Å². The van der Waals surface area contributed by atoms with Crippen molar-refractivity contribution in [2.45, 2.75) is 0 Å². The van der Waals surface area contributed by atoms with E-state index in [-0.39, 0.29) is 0 Å². The van der Waals surface area contributed by atoms with Crippen LogP contribution in [0.2, 0.25) is 0 Å². The van der Waals surface area contributed by atoms with Crippen LogP contribution < -0.4 is 0 Å². The van der Waals surface area contributed by atoms with Crippen molar-refractivity contribution in [3.05, 3.63) is 53.5 Å². The number of nitrogens with zero attached hydrogens (tertiary/aromatic N) is 1. The summed E-state index contributed by atoms with van der Waals surface area (Å²) in [7, 11) is 0. The van der Waals surface area contributed by atoms with Crippen molar-refractivity contribution < 1.29 is 0 Å². The molecule has 0 saturated heterocycles. The van der Waals surface area contributed by atoms with Gasteiger partial charge in [0.1, 0.15) is 0 Å². The van der Waals surface area contributed by atoms with Gasteiger partial charge in [0.15, 0.2) is 0 Å². The molecule has 72 valence electrons. The van der Waals surface area contributed by atoms with E-state index >= 15 is 0 Å².